The van der Waals surface area contributed by atoms with E-state index in [0.717, 1.165) is 58.5 Å². The van der Waals surface area contributed by atoms with Crippen LogP contribution in [0.4, 0.5) is 0 Å². The number of hydrogen-bond donors (Lipinski definition) is 3. The number of benzene rings is 2. The number of fused-ring (bicyclic) bond motifs is 1. The molecular formula is C32H38N6O3. The van der Waals surface area contributed by atoms with Gasteiger partial charge in [0.2, 0.25) is 17.7 Å². The highest BCUT2D eigenvalue weighted by atomic mass is 16.3. The number of carbonyl (C=O) groups excluding carboxylic acids is 2. The number of nitrogens with one attached hydrogen (secondary N) is 1. The molecule has 2 aromatic heterocycles. The van der Waals surface area contributed by atoms with Crippen LogP contribution in [0.3, 0.4) is 0 Å². The van der Waals surface area contributed by atoms with Crippen LogP contribution in [-0.2, 0) is 22.6 Å². The first-order valence-corrected chi connectivity index (χ1v) is 14.3. The predicted octanol–water partition coefficient (Wildman–Crippen LogP) is 3.91. The number of carbonyl (C=O) groups is 2. The minimum Gasteiger partial charge on any atom is -0.493 e. The summed E-state index contributed by atoms with van der Waals surface area (Å²) in [5.41, 5.74) is 12.6. The zero-order valence-electron chi connectivity index (χ0n) is 23.7. The van der Waals surface area contributed by atoms with Gasteiger partial charge in [-0.1, -0.05) is 36.4 Å². The summed E-state index contributed by atoms with van der Waals surface area (Å²) in [4.78, 5) is 35.8. The summed E-state index contributed by atoms with van der Waals surface area (Å²) in [5, 5.41) is 12.3. The third-order valence-electron chi connectivity index (χ3n) is 7.83. The molecule has 4 aromatic rings. The maximum absolute atomic E-state index is 13.3. The monoisotopic (exact) mass is 554 g/mol. The molecule has 0 bridgehead atoms. The fourth-order valence-electron chi connectivity index (χ4n) is 5.73. The summed E-state index contributed by atoms with van der Waals surface area (Å²) in [6, 6.07) is 17.3. The van der Waals surface area contributed by atoms with Crippen LogP contribution in [0.1, 0.15) is 49.1 Å². The lowest BCUT2D eigenvalue weighted by molar-refractivity contribution is -0.132. The zero-order valence-corrected chi connectivity index (χ0v) is 23.7. The summed E-state index contributed by atoms with van der Waals surface area (Å²) in [6.07, 6.45) is 4.40. The molecule has 2 atom stereocenters. The number of aromatic nitrogens is 3. The van der Waals surface area contributed by atoms with Gasteiger partial charge in [0.15, 0.2) is 0 Å². The van der Waals surface area contributed by atoms with Gasteiger partial charge in [0, 0.05) is 69.3 Å². The van der Waals surface area contributed by atoms with Crippen molar-refractivity contribution >= 4 is 22.8 Å². The normalized spacial score (nSPS) is 16.1. The zero-order chi connectivity index (χ0) is 28.9. The van der Waals surface area contributed by atoms with E-state index in [9.17, 15) is 14.7 Å². The first kappa shape index (κ1) is 28.3. The van der Waals surface area contributed by atoms with Gasteiger partial charge in [0.1, 0.15) is 5.82 Å². The smallest absolute Gasteiger partial charge is 0.224 e. The molecule has 0 saturated carbocycles. The fraction of sp³-hybridized carbons (Fsp3) is 0.375. The number of para-hydroxylation sites is 1. The quantitative estimate of drug-likeness (QED) is 0.288. The average molecular weight is 555 g/mol. The van der Waals surface area contributed by atoms with Crippen molar-refractivity contribution in [1.82, 2.24) is 24.8 Å². The number of hydrogen-bond acceptors (Lipinski definition) is 6. The van der Waals surface area contributed by atoms with Crippen LogP contribution in [0.5, 0.6) is 5.88 Å². The van der Waals surface area contributed by atoms with E-state index >= 15 is 0 Å². The average Bonchev–Trinajstić information content (AvgIpc) is 3.33. The number of amides is 2. The van der Waals surface area contributed by atoms with Crippen LogP contribution < -0.4 is 11.1 Å². The molecule has 1 aliphatic rings. The molecule has 5 rings (SSSR count). The Morgan fingerprint density at radius 1 is 1.12 bits per heavy atom. The topological polar surface area (TPSA) is 126 Å². The van der Waals surface area contributed by atoms with Gasteiger partial charge in [0.05, 0.1) is 11.0 Å². The Labute approximate surface area is 240 Å². The second-order valence-electron chi connectivity index (χ2n) is 11.0. The predicted molar refractivity (Wildman–Crippen MR) is 159 cm³/mol. The Morgan fingerprint density at radius 3 is 2.63 bits per heavy atom. The number of piperidine rings is 1. The molecule has 2 amide bonds. The van der Waals surface area contributed by atoms with E-state index in [0.29, 0.717) is 26.1 Å². The van der Waals surface area contributed by atoms with Crippen LogP contribution >= 0.6 is 0 Å². The number of aryl methyl sites for hydroxylation is 1. The molecule has 2 aromatic carbocycles. The number of nitrogens with zero attached hydrogens (tertiary/aromatic N) is 4. The third kappa shape index (κ3) is 6.74. The molecule has 214 valence electrons. The molecule has 1 fully saturated rings. The molecule has 0 spiro atoms. The first-order chi connectivity index (χ1) is 19.8. The minimum absolute atomic E-state index is 0.00301. The number of likely N-dealkylation sites (tertiary alicyclic amines) is 1. The van der Waals surface area contributed by atoms with E-state index in [4.69, 9.17) is 10.7 Å². The van der Waals surface area contributed by atoms with Crippen LogP contribution in [0.2, 0.25) is 0 Å². The number of rotatable bonds is 9. The second-order valence-corrected chi connectivity index (χ2v) is 11.0. The molecule has 1 aliphatic heterocycles. The van der Waals surface area contributed by atoms with E-state index in [2.05, 4.69) is 33.9 Å². The van der Waals surface area contributed by atoms with Crippen molar-refractivity contribution < 1.29 is 14.7 Å². The molecule has 0 aliphatic carbocycles. The van der Waals surface area contributed by atoms with Crippen molar-refractivity contribution in [3.8, 4) is 17.0 Å². The number of nitrogens with two attached hydrogens (primary N) is 1. The van der Waals surface area contributed by atoms with Crippen molar-refractivity contribution in [3.63, 3.8) is 0 Å². The molecule has 41 heavy (non-hydrogen) atoms. The molecule has 9 nitrogen and oxygen atoms in total. The summed E-state index contributed by atoms with van der Waals surface area (Å²) in [5.74, 6) is 1.12. The van der Waals surface area contributed by atoms with E-state index < -0.39 is 0 Å². The van der Waals surface area contributed by atoms with Crippen LogP contribution in [0.15, 0.2) is 60.8 Å². The highest BCUT2D eigenvalue weighted by Crippen LogP contribution is 2.31. The van der Waals surface area contributed by atoms with Gasteiger partial charge in [-0.15, -0.1) is 0 Å². The van der Waals surface area contributed by atoms with Crippen molar-refractivity contribution in [2.45, 2.75) is 58.0 Å². The number of pyridine rings is 1. The summed E-state index contributed by atoms with van der Waals surface area (Å²) < 4.78 is 2.21. The third-order valence-corrected chi connectivity index (χ3v) is 7.83. The molecule has 3 heterocycles. The SMILES string of the molecule is CC(=O)NCCn1c(C2CCCN(C(=O)CC(N)Cc3ccc(-c4ccc(O)nc4)cc3)C2)nc2c(C)cccc21. The lowest BCUT2D eigenvalue weighted by atomic mass is 9.95. The van der Waals surface area contributed by atoms with Crippen LogP contribution in [0.25, 0.3) is 22.2 Å². The van der Waals surface area contributed by atoms with Crippen LogP contribution in [-0.4, -0.2) is 62.0 Å². The van der Waals surface area contributed by atoms with Gasteiger partial charge in [-0.2, -0.15) is 0 Å². The van der Waals surface area contributed by atoms with Gasteiger partial charge in [0.25, 0.3) is 0 Å². The largest absolute Gasteiger partial charge is 0.493 e. The maximum Gasteiger partial charge on any atom is 0.224 e. The number of imidazole rings is 1. The summed E-state index contributed by atoms with van der Waals surface area (Å²) in [7, 11) is 0. The lowest BCUT2D eigenvalue weighted by Crippen LogP contribution is -2.42. The van der Waals surface area contributed by atoms with E-state index in [1.807, 2.05) is 41.3 Å². The molecule has 0 radical (unpaired) electrons. The molecule has 4 N–H and O–H groups in total. The standard InChI is InChI=1S/C32H38N6O3/c1-21-5-3-7-28-31(21)36-32(38(28)16-14-34-22(2)39)26-6-4-15-37(20-26)30(41)18-27(33)17-23-8-10-24(11-9-23)25-12-13-29(40)35-19-25/h3,5,7-13,19,26-27H,4,6,14-18,20,33H2,1-2H3,(H,34,39)(H,35,40). The minimum atomic E-state index is -0.283. The molecule has 1 saturated heterocycles. The van der Waals surface area contributed by atoms with Crippen molar-refractivity contribution in [3.05, 3.63) is 77.7 Å². The first-order valence-electron chi connectivity index (χ1n) is 14.3. The Kier molecular flexibility index (Phi) is 8.64. The van der Waals surface area contributed by atoms with Gasteiger partial charge < -0.3 is 25.6 Å². The van der Waals surface area contributed by atoms with Crippen molar-refractivity contribution in [1.29, 1.82) is 0 Å². The lowest BCUT2D eigenvalue weighted by Gasteiger charge is -2.33. The summed E-state index contributed by atoms with van der Waals surface area (Å²) >= 11 is 0. The van der Waals surface area contributed by atoms with E-state index in [1.54, 1.807) is 12.3 Å². The Hall–Kier alpha value is -4.24. The second kappa shape index (κ2) is 12.5. The van der Waals surface area contributed by atoms with Gasteiger partial charge in [-0.05, 0) is 55.0 Å². The maximum atomic E-state index is 13.3. The van der Waals surface area contributed by atoms with Crippen LogP contribution in [0, 0.1) is 6.92 Å². The molecular weight excluding hydrogens is 516 g/mol. The molecule has 9 heteroatoms. The highest BCUT2D eigenvalue weighted by Gasteiger charge is 2.29. The van der Waals surface area contributed by atoms with E-state index in [-0.39, 0.29) is 36.1 Å². The Balaban J connectivity index is 1.23. The van der Waals surface area contributed by atoms with Gasteiger partial charge in [-0.3, -0.25) is 9.59 Å². The van der Waals surface area contributed by atoms with Crippen molar-refractivity contribution in [2.24, 2.45) is 5.73 Å². The highest BCUT2D eigenvalue weighted by molar-refractivity contribution is 5.80. The van der Waals surface area contributed by atoms with Gasteiger partial charge in [-0.25, -0.2) is 9.97 Å². The van der Waals surface area contributed by atoms with Gasteiger partial charge >= 0.3 is 0 Å². The summed E-state index contributed by atoms with van der Waals surface area (Å²) in [6.45, 7) is 6.08. The Bertz CT molecular complexity index is 1510. The number of aromatic hydroxyl groups is 1. The molecule has 2 unspecified atom stereocenters. The fourth-order valence-corrected chi connectivity index (χ4v) is 5.73. The van der Waals surface area contributed by atoms with Crippen molar-refractivity contribution in [2.75, 3.05) is 19.6 Å². The Morgan fingerprint density at radius 2 is 1.90 bits per heavy atom. The van der Waals surface area contributed by atoms with E-state index in [1.165, 1.54) is 6.92 Å².